The molecule has 4 rings (SSSR count). The Kier molecular flexibility index (Phi) is 6.29. The minimum Gasteiger partial charge on any atom is -0.380 e. The van der Waals surface area contributed by atoms with Gasteiger partial charge in [0.05, 0.1) is 11.7 Å². The lowest BCUT2D eigenvalue weighted by atomic mass is 10.0. The Labute approximate surface area is 185 Å². The van der Waals surface area contributed by atoms with E-state index in [2.05, 4.69) is 15.4 Å². The van der Waals surface area contributed by atoms with Gasteiger partial charge >= 0.3 is 0 Å². The van der Waals surface area contributed by atoms with Crippen LogP contribution in [0, 0.1) is 0 Å². The average Bonchev–Trinajstić information content (AvgIpc) is 3.37. The molecule has 0 aliphatic carbocycles. The molecule has 3 heterocycles. The van der Waals surface area contributed by atoms with Crippen molar-refractivity contribution in [2.45, 2.75) is 38.1 Å². The molecule has 0 saturated heterocycles. The lowest BCUT2D eigenvalue weighted by Crippen LogP contribution is -2.51. The zero-order valence-electron chi connectivity index (χ0n) is 17.6. The summed E-state index contributed by atoms with van der Waals surface area (Å²) in [6.45, 7) is 2.45. The van der Waals surface area contributed by atoms with Gasteiger partial charge in [-0.05, 0) is 54.3 Å². The highest BCUT2D eigenvalue weighted by molar-refractivity contribution is 5.91. The van der Waals surface area contributed by atoms with E-state index in [4.69, 9.17) is 0 Å². The number of hydrogen-bond acceptors (Lipinski definition) is 6. The second-order valence-corrected chi connectivity index (χ2v) is 7.82. The molecule has 1 aliphatic heterocycles. The second-order valence-electron chi connectivity index (χ2n) is 7.82. The van der Waals surface area contributed by atoms with Gasteiger partial charge in [-0.2, -0.15) is 5.10 Å². The van der Waals surface area contributed by atoms with Crippen LogP contribution < -0.4 is 5.32 Å². The van der Waals surface area contributed by atoms with E-state index in [-0.39, 0.29) is 6.54 Å². The summed E-state index contributed by atoms with van der Waals surface area (Å²) in [6.07, 6.45) is 3.81. The third kappa shape index (κ3) is 4.53. The zero-order chi connectivity index (χ0) is 22.7. The molecule has 0 spiro atoms. The number of aliphatic hydroxyl groups excluding tert-OH is 2. The van der Waals surface area contributed by atoms with Crippen molar-refractivity contribution in [3.63, 3.8) is 0 Å². The maximum atomic E-state index is 12.7. The van der Waals surface area contributed by atoms with Crippen molar-refractivity contribution in [2.24, 2.45) is 0 Å². The summed E-state index contributed by atoms with van der Waals surface area (Å²) < 4.78 is 1.72. The van der Waals surface area contributed by atoms with Crippen LogP contribution >= 0.6 is 0 Å². The summed E-state index contributed by atoms with van der Waals surface area (Å²) in [4.78, 5) is 30.7. The number of fused-ring (bicyclic) bond motifs is 1. The van der Waals surface area contributed by atoms with Gasteiger partial charge in [-0.3, -0.25) is 14.6 Å². The summed E-state index contributed by atoms with van der Waals surface area (Å²) >= 11 is 0. The van der Waals surface area contributed by atoms with Crippen LogP contribution in [0.2, 0.25) is 0 Å². The molecule has 2 aromatic heterocycles. The van der Waals surface area contributed by atoms with Crippen LogP contribution in [0.5, 0.6) is 0 Å². The smallest absolute Gasteiger partial charge is 0.255 e. The van der Waals surface area contributed by atoms with E-state index in [0.29, 0.717) is 13.0 Å². The van der Waals surface area contributed by atoms with Crippen molar-refractivity contribution >= 4 is 11.8 Å². The van der Waals surface area contributed by atoms with Gasteiger partial charge in [-0.1, -0.05) is 12.1 Å². The number of nitrogens with one attached hydrogen (secondary N) is 1. The molecule has 0 radical (unpaired) electrons. The average molecular weight is 435 g/mol. The Balaban J connectivity index is 1.35. The number of amides is 2. The summed E-state index contributed by atoms with van der Waals surface area (Å²) in [6, 6.07) is 10.7. The van der Waals surface area contributed by atoms with Gasteiger partial charge in [0.1, 0.15) is 0 Å². The minimum absolute atomic E-state index is 0.284. The Morgan fingerprint density at radius 1 is 1.06 bits per heavy atom. The molecular formula is C23H25N5O4. The van der Waals surface area contributed by atoms with E-state index in [1.54, 1.807) is 30.2 Å². The van der Waals surface area contributed by atoms with Crippen LogP contribution in [0.25, 0.3) is 5.69 Å². The summed E-state index contributed by atoms with van der Waals surface area (Å²) in [5.74, 6) is -1.49. The van der Waals surface area contributed by atoms with Crippen LogP contribution in [-0.2, 0) is 22.6 Å². The van der Waals surface area contributed by atoms with Gasteiger partial charge in [-0.25, -0.2) is 4.68 Å². The second kappa shape index (κ2) is 9.29. The molecule has 0 fully saturated rings. The number of carbonyl (C=O) groups is 2. The fourth-order valence-corrected chi connectivity index (χ4v) is 3.76. The molecule has 9 heteroatoms. The molecule has 3 aromatic rings. The van der Waals surface area contributed by atoms with Crippen molar-refractivity contribution in [2.75, 3.05) is 6.54 Å². The highest BCUT2D eigenvalue weighted by atomic mass is 16.3. The van der Waals surface area contributed by atoms with Crippen LogP contribution in [0.3, 0.4) is 0 Å². The SMILES string of the molecule is C[C@@H](NC(=O)[C@H](O)C(O)C(=O)N1CCc2ccncc2C1)c1ccc(-n2cccn2)cc1. The summed E-state index contributed by atoms with van der Waals surface area (Å²) in [7, 11) is 0. The minimum atomic E-state index is -1.87. The maximum absolute atomic E-state index is 12.7. The van der Waals surface area contributed by atoms with Gasteiger partial charge in [0.15, 0.2) is 12.2 Å². The lowest BCUT2D eigenvalue weighted by Gasteiger charge is -2.31. The number of pyridine rings is 1. The van der Waals surface area contributed by atoms with Crippen LogP contribution in [0.1, 0.15) is 29.7 Å². The predicted molar refractivity (Wildman–Crippen MR) is 115 cm³/mol. The topological polar surface area (TPSA) is 121 Å². The van der Waals surface area contributed by atoms with Crippen LogP contribution in [0.4, 0.5) is 0 Å². The van der Waals surface area contributed by atoms with Crippen LogP contribution in [0.15, 0.2) is 61.2 Å². The van der Waals surface area contributed by atoms with E-state index in [1.807, 2.05) is 42.6 Å². The highest BCUT2D eigenvalue weighted by Gasteiger charge is 2.35. The number of nitrogens with zero attached hydrogens (tertiary/aromatic N) is 4. The van der Waals surface area contributed by atoms with Crippen molar-refractivity contribution < 1.29 is 19.8 Å². The molecule has 1 aliphatic rings. The maximum Gasteiger partial charge on any atom is 0.255 e. The molecule has 2 amide bonds. The Bertz CT molecular complexity index is 1080. The van der Waals surface area contributed by atoms with Gasteiger partial charge in [0, 0.05) is 37.9 Å². The van der Waals surface area contributed by atoms with E-state index >= 15 is 0 Å². The molecule has 32 heavy (non-hydrogen) atoms. The van der Waals surface area contributed by atoms with Crippen LogP contribution in [-0.4, -0.2) is 60.4 Å². The van der Waals surface area contributed by atoms with E-state index < -0.39 is 30.1 Å². The Hall–Kier alpha value is -3.56. The molecule has 0 bridgehead atoms. The molecule has 3 atom stereocenters. The Morgan fingerprint density at radius 3 is 2.56 bits per heavy atom. The first kappa shape index (κ1) is 21.7. The fraction of sp³-hybridized carbons (Fsp3) is 0.304. The molecule has 166 valence electrons. The standard InChI is InChI=1S/C23H25N5O4/c1-15(16-3-5-19(6-4-16)28-11-2-9-25-28)26-22(31)20(29)21(30)23(32)27-12-8-17-7-10-24-13-18(17)14-27/h2-7,9-11,13,15,20-21,29-30H,8,12,14H2,1H3,(H,26,31)/t15-,20-,21?/m1/s1. The van der Waals surface area contributed by atoms with E-state index in [1.165, 1.54) is 4.90 Å². The van der Waals surface area contributed by atoms with E-state index in [0.717, 1.165) is 22.4 Å². The molecule has 1 unspecified atom stereocenters. The quantitative estimate of drug-likeness (QED) is 0.526. The molecule has 1 aromatic carbocycles. The number of aliphatic hydroxyl groups is 2. The lowest BCUT2D eigenvalue weighted by molar-refractivity contribution is -0.154. The fourth-order valence-electron chi connectivity index (χ4n) is 3.76. The number of benzene rings is 1. The monoisotopic (exact) mass is 435 g/mol. The van der Waals surface area contributed by atoms with Gasteiger partial charge in [0.2, 0.25) is 0 Å². The van der Waals surface area contributed by atoms with Crippen molar-refractivity contribution in [3.8, 4) is 5.69 Å². The summed E-state index contributed by atoms with van der Waals surface area (Å²) in [5, 5.41) is 27.5. The normalized spacial score (nSPS) is 16.0. The zero-order valence-corrected chi connectivity index (χ0v) is 17.6. The van der Waals surface area contributed by atoms with Gasteiger partial charge in [0.25, 0.3) is 11.8 Å². The molecule has 3 N–H and O–H groups in total. The first-order chi connectivity index (χ1) is 15.4. The predicted octanol–water partition coefficient (Wildman–Crippen LogP) is 0.751. The van der Waals surface area contributed by atoms with Crippen molar-refractivity contribution in [1.29, 1.82) is 0 Å². The summed E-state index contributed by atoms with van der Waals surface area (Å²) in [5.41, 5.74) is 3.67. The third-order valence-electron chi connectivity index (χ3n) is 5.67. The number of carbonyl (C=O) groups excluding carboxylic acids is 2. The molecule has 9 nitrogen and oxygen atoms in total. The largest absolute Gasteiger partial charge is 0.380 e. The Morgan fingerprint density at radius 2 is 1.84 bits per heavy atom. The molecular weight excluding hydrogens is 410 g/mol. The van der Waals surface area contributed by atoms with E-state index in [9.17, 15) is 19.8 Å². The number of rotatable bonds is 6. The third-order valence-corrected chi connectivity index (χ3v) is 5.67. The first-order valence-corrected chi connectivity index (χ1v) is 10.4. The number of aromatic nitrogens is 3. The van der Waals surface area contributed by atoms with Gasteiger partial charge in [-0.15, -0.1) is 0 Å². The highest BCUT2D eigenvalue weighted by Crippen LogP contribution is 2.19. The first-order valence-electron chi connectivity index (χ1n) is 10.4. The van der Waals surface area contributed by atoms with Gasteiger partial charge < -0.3 is 20.4 Å². The molecule has 0 saturated carbocycles. The van der Waals surface area contributed by atoms with Crippen molar-refractivity contribution in [3.05, 3.63) is 77.9 Å². The number of hydrogen-bond donors (Lipinski definition) is 3. The van der Waals surface area contributed by atoms with Crippen molar-refractivity contribution in [1.82, 2.24) is 25.0 Å².